The average molecular weight is 580 g/mol. The molecule has 0 aliphatic carbocycles. The number of hydrogen-bond donors (Lipinski definition) is 11. The van der Waals surface area contributed by atoms with E-state index in [4.69, 9.17) is 5.73 Å². The molecule has 0 bridgehead atoms. The second kappa shape index (κ2) is 22.6. The van der Waals surface area contributed by atoms with E-state index in [1.54, 1.807) is 6.08 Å². The van der Waals surface area contributed by atoms with Gasteiger partial charge in [-0.3, -0.25) is 0 Å². The molecule has 0 aromatic heterocycles. The third-order valence-electron chi connectivity index (χ3n) is 6.76. The van der Waals surface area contributed by atoms with Gasteiger partial charge in [0.2, 0.25) is 0 Å². The van der Waals surface area contributed by atoms with Crippen LogP contribution in [0.3, 0.4) is 0 Å². The second-order valence-corrected chi connectivity index (χ2v) is 11.4. The summed E-state index contributed by atoms with van der Waals surface area (Å²) in [6, 6.07) is 0. The Bertz CT molecular complexity index is 665. The predicted octanol–water partition coefficient (Wildman–Crippen LogP) is -0.386. The fourth-order valence-corrected chi connectivity index (χ4v) is 4.36. The molecule has 238 valence electrons. The van der Waals surface area contributed by atoms with E-state index in [9.17, 15) is 51.1 Å². The highest BCUT2D eigenvalue weighted by Crippen LogP contribution is 2.16. The highest BCUT2D eigenvalue weighted by molar-refractivity contribution is 4.93. The first kappa shape index (κ1) is 39.0. The summed E-state index contributed by atoms with van der Waals surface area (Å²) < 4.78 is 0. The Hall–Kier alpha value is -0.960. The van der Waals surface area contributed by atoms with Crippen molar-refractivity contribution in [1.29, 1.82) is 0 Å². The largest absolute Gasteiger partial charge is 0.393 e. The van der Waals surface area contributed by atoms with Crippen molar-refractivity contribution in [3.05, 3.63) is 24.3 Å². The first-order valence-corrected chi connectivity index (χ1v) is 14.6. The highest BCUT2D eigenvalue weighted by atomic mass is 16.3. The number of aliphatic hydroxyl groups is 10. The zero-order chi connectivity index (χ0) is 30.7. The van der Waals surface area contributed by atoms with Crippen molar-refractivity contribution in [2.45, 2.75) is 146 Å². The maximum atomic E-state index is 10.2. The lowest BCUT2D eigenvalue weighted by atomic mass is 9.96. The first-order chi connectivity index (χ1) is 18.7. The van der Waals surface area contributed by atoms with Crippen molar-refractivity contribution < 1.29 is 51.1 Å². The lowest BCUT2D eigenvalue weighted by molar-refractivity contribution is 0.0142. The van der Waals surface area contributed by atoms with Gasteiger partial charge in [-0.05, 0) is 70.3 Å². The lowest BCUT2D eigenvalue weighted by Crippen LogP contribution is -2.27. The molecule has 0 saturated heterocycles. The fourth-order valence-electron chi connectivity index (χ4n) is 4.36. The molecule has 0 radical (unpaired) electrons. The number of hydrogen-bond acceptors (Lipinski definition) is 11. The van der Waals surface area contributed by atoms with Crippen LogP contribution >= 0.6 is 0 Å². The summed E-state index contributed by atoms with van der Waals surface area (Å²) >= 11 is 0. The molecule has 0 aromatic rings. The Morgan fingerprint density at radius 2 is 0.875 bits per heavy atom. The molecule has 0 aliphatic heterocycles. The molecule has 0 rings (SSSR count). The van der Waals surface area contributed by atoms with Gasteiger partial charge in [-0.2, -0.15) is 0 Å². The Kier molecular flexibility index (Phi) is 22.1. The molecule has 10 unspecified atom stereocenters. The Labute approximate surface area is 239 Å². The summed E-state index contributed by atoms with van der Waals surface area (Å²) in [6.07, 6.45) is -1.02. The van der Waals surface area contributed by atoms with Crippen molar-refractivity contribution >= 4 is 0 Å². The summed E-state index contributed by atoms with van der Waals surface area (Å²) in [5, 5.41) is 100. The van der Waals surface area contributed by atoms with Crippen LogP contribution in [0.5, 0.6) is 0 Å². The van der Waals surface area contributed by atoms with Gasteiger partial charge in [-0.1, -0.05) is 38.2 Å². The van der Waals surface area contributed by atoms with Crippen LogP contribution < -0.4 is 5.73 Å². The molecule has 0 amide bonds. The predicted molar refractivity (Wildman–Crippen MR) is 153 cm³/mol. The van der Waals surface area contributed by atoms with Gasteiger partial charge in [0.15, 0.2) is 0 Å². The SMILES string of the molecule is CC(C)C(O)CC(O)CC(O)CC(O)/C=C/CC(O)CC(O)CC(O)CC(O)/C=C/CC(O)CC(O)CCCN. The minimum atomic E-state index is -1.01. The Morgan fingerprint density at radius 3 is 1.30 bits per heavy atom. The van der Waals surface area contributed by atoms with E-state index in [1.165, 1.54) is 18.2 Å². The van der Waals surface area contributed by atoms with Crippen molar-refractivity contribution in [2.24, 2.45) is 11.7 Å². The van der Waals surface area contributed by atoms with Gasteiger partial charge in [-0.25, -0.2) is 0 Å². The van der Waals surface area contributed by atoms with Crippen LogP contribution in [0.1, 0.15) is 84.5 Å². The molecule has 0 saturated carbocycles. The first-order valence-electron chi connectivity index (χ1n) is 14.6. The van der Waals surface area contributed by atoms with Crippen LogP contribution in [-0.2, 0) is 0 Å². The summed E-state index contributed by atoms with van der Waals surface area (Å²) in [4.78, 5) is 0. The summed E-state index contributed by atoms with van der Waals surface area (Å²) in [6.45, 7) is 4.14. The number of rotatable bonds is 24. The van der Waals surface area contributed by atoms with Gasteiger partial charge in [-0.15, -0.1) is 0 Å². The van der Waals surface area contributed by atoms with Crippen LogP contribution in [0.2, 0.25) is 0 Å². The molecule has 0 fully saturated rings. The van der Waals surface area contributed by atoms with Gasteiger partial charge in [0.25, 0.3) is 0 Å². The van der Waals surface area contributed by atoms with E-state index >= 15 is 0 Å². The Balaban J connectivity index is 4.23. The number of nitrogens with two attached hydrogens (primary N) is 1. The van der Waals surface area contributed by atoms with Crippen molar-refractivity contribution in [1.82, 2.24) is 0 Å². The number of aliphatic hydroxyl groups excluding tert-OH is 10. The molecule has 0 aromatic carbocycles. The zero-order valence-electron chi connectivity index (χ0n) is 24.2. The van der Waals surface area contributed by atoms with Gasteiger partial charge in [0.05, 0.1) is 61.0 Å². The maximum absolute atomic E-state index is 10.2. The van der Waals surface area contributed by atoms with Crippen LogP contribution in [0.4, 0.5) is 0 Å². The molecule has 11 nitrogen and oxygen atoms in total. The second-order valence-electron chi connectivity index (χ2n) is 11.4. The summed E-state index contributed by atoms with van der Waals surface area (Å²) in [7, 11) is 0. The third kappa shape index (κ3) is 21.7. The molecule has 0 spiro atoms. The molecule has 0 aliphatic rings. The standard InChI is InChI=1S/C29H57NO10/c1-19(2)29(40)18-28(39)17-27(38)15-23(34)9-4-8-22(33)14-26(37)16-25(36)13-21(32)7-3-6-20(31)12-24(35)10-5-11-30/h3-4,7,9,19-29,31-40H,5-6,8,10-18,30H2,1-2H3/b7-3+,9-4+. The van der Waals surface area contributed by atoms with Crippen molar-refractivity contribution in [3.63, 3.8) is 0 Å². The molecule has 12 N–H and O–H groups in total. The Morgan fingerprint density at radius 1 is 0.500 bits per heavy atom. The molecule has 10 atom stereocenters. The lowest BCUT2D eigenvalue weighted by Gasteiger charge is -2.21. The van der Waals surface area contributed by atoms with Gasteiger partial charge < -0.3 is 56.8 Å². The van der Waals surface area contributed by atoms with Crippen LogP contribution in [0.25, 0.3) is 0 Å². The molecular weight excluding hydrogens is 522 g/mol. The van der Waals surface area contributed by atoms with E-state index in [0.29, 0.717) is 19.4 Å². The van der Waals surface area contributed by atoms with E-state index in [-0.39, 0.29) is 63.7 Å². The van der Waals surface area contributed by atoms with Crippen LogP contribution in [0.15, 0.2) is 24.3 Å². The minimum Gasteiger partial charge on any atom is -0.393 e. The molecular formula is C29H57NO10. The highest BCUT2D eigenvalue weighted by Gasteiger charge is 2.20. The molecule has 40 heavy (non-hydrogen) atoms. The minimum absolute atomic E-state index is 0.00727. The monoisotopic (exact) mass is 579 g/mol. The van der Waals surface area contributed by atoms with Gasteiger partial charge in [0, 0.05) is 12.8 Å². The maximum Gasteiger partial charge on any atom is 0.0745 e. The van der Waals surface area contributed by atoms with Crippen LogP contribution in [0, 0.1) is 5.92 Å². The van der Waals surface area contributed by atoms with Crippen molar-refractivity contribution in [2.75, 3.05) is 6.54 Å². The van der Waals surface area contributed by atoms with Gasteiger partial charge in [0.1, 0.15) is 0 Å². The molecule has 11 heteroatoms. The molecule has 0 heterocycles. The van der Waals surface area contributed by atoms with E-state index in [2.05, 4.69) is 0 Å². The third-order valence-corrected chi connectivity index (χ3v) is 6.76. The topological polar surface area (TPSA) is 228 Å². The average Bonchev–Trinajstić information content (AvgIpc) is 2.81. The zero-order valence-corrected chi connectivity index (χ0v) is 24.2. The summed E-state index contributed by atoms with van der Waals surface area (Å²) in [5.74, 6) is -0.00727. The van der Waals surface area contributed by atoms with Gasteiger partial charge >= 0.3 is 0 Å². The normalized spacial score (nSPS) is 20.4. The summed E-state index contributed by atoms with van der Waals surface area (Å²) in [5.41, 5.74) is 5.39. The fraction of sp³-hybridized carbons (Fsp3) is 0.862. The quantitative estimate of drug-likeness (QED) is 0.0660. The smallest absolute Gasteiger partial charge is 0.0745 e. The van der Waals surface area contributed by atoms with Crippen LogP contribution in [-0.4, -0.2) is 119 Å². The van der Waals surface area contributed by atoms with E-state index in [1.807, 2.05) is 13.8 Å². The van der Waals surface area contributed by atoms with E-state index < -0.39 is 61.0 Å². The van der Waals surface area contributed by atoms with Crippen molar-refractivity contribution in [3.8, 4) is 0 Å². The van der Waals surface area contributed by atoms with E-state index in [0.717, 1.165) is 0 Å².